The van der Waals surface area contributed by atoms with Crippen molar-refractivity contribution in [3.63, 3.8) is 0 Å². The number of nitrogens with one attached hydrogen (secondary N) is 1. The Morgan fingerprint density at radius 3 is 2.81 bits per heavy atom. The van der Waals surface area contributed by atoms with Crippen molar-refractivity contribution in [3.8, 4) is 0 Å². The van der Waals surface area contributed by atoms with E-state index in [0.717, 1.165) is 6.42 Å². The zero-order valence-electron chi connectivity index (χ0n) is 12.0. The van der Waals surface area contributed by atoms with Crippen molar-refractivity contribution >= 4 is 39.6 Å². The number of rotatable bonds is 6. The Kier molecular flexibility index (Phi) is 5.08. The van der Waals surface area contributed by atoms with Crippen LogP contribution in [0.25, 0.3) is 0 Å². The van der Waals surface area contributed by atoms with Crippen LogP contribution in [0.1, 0.15) is 39.6 Å². The predicted octanol–water partition coefficient (Wildman–Crippen LogP) is 3.24. The Balaban J connectivity index is 2.13. The molecule has 7 heteroatoms. The fraction of sp³-hybridized carbons (Fsp3) is 0.357. The van der Waals surface area contributed by atoms with Crippen LogP contribution in [0.15, 0.2) is 16.8 Å². The van der Waals surface area contributed by atoms with E-state index in [0.29, 0.717) is 10.0 Å². The molecule has 0 aliphatic rings. The minimum atomic E-state index is -0.588. The molecule has 1 unspecified atom stereocenters. The molecule has 0 aromatic carbocycles. The highest BCUT2D eigenvalue weighted by molar-refractivity contribution is 7.17. The number of carbonyl (C=O) groups is 2. The number of thiophene rings is 1. The van der Waals surface area contributed by atoms with Gasteiger partial charge in [0, 0.05) is 13.0 Å². The van der Waals surface area contributed by atoms with Gasteiger partial charge in [-0.25, -0.2) is 9.78 Å². The number of ketones is 1. The van der Waals surface area contributed by atoms with Gasteiger partial charge in [-0.05, 0) is 35.7 Å². The molecule has 0 spiro atoms. The third kappa shape index (κ3) is 3.89. The summed E-state index contributed by atoms with van der Waals surface area (Å²) < 4.78 is 4.66. The highest BCUT2D eigenvalue weighted by Crippen LogP contribution is 2.25. The van der Waals surface area contributed by atoms with Gasteiger partial charge in [0.15, 0.2) is 16.6 Å². The van der Waals surface area contributed by atoms with Crippen LogP contribution < -0.4 is 5.32 Å². The standard InChI is InChI=1S/C14H16N2O3S2/c1-8(6-10-4-5-20-7-10)15-14-16-11(13(18)19-3)12(21-14)9(2)17/h4-5,7-8H,6H2,1-3H3,(H,15,16). The molecule has 0 saturated heterocycles. The third-order valence-corrected chi connectivity index (χ3v) is 4.64. The summed E-state index contributed by atoms with van der Waals surface area (Å²) in [6, 6.07) is 2.22. The lowest BCUT2D eigenvalue weighted by atomic mass is 10.1. The molecular weight excluding hydrogens is 308 g/mol. The SMILES string of the molecule is COC(=O)c1nc(NC(C)Cc2ccsc2)sc1C(C)=O. The summed E-state index contributed by atoms with van der Waals surface area (Å²) in [5.74, 6) is -0.776. The Bertz CT molecular complexity index is 635. The number of esters is 1. The Morgan fingerprint density at radius 1 is 1.48 bits per heavy atom. The number of hydrogen-bond acceptors (Lipinski definition) is 7. The van der Waals surface area contributed by atoms with Gasteiger partial charge in [0.2, 0.25) is 0 Å². The summed E-state index contributed by atoms with van der Waals surface area (Å²) in [4.78, 5) is 27.7. The number of thiazole rings is 1. The summed E-state index contributed by atoms with van der Waals surface area (Å²) in [5, 5.41) is 7.92. The van der Waals surface area contributed by atoms with Gasteiger partial charge < -0.3 is 10.1 Å². The molecule has 2 rings (SSSR count). The molecule has 0 amide bonds. The van der Waals surface area contributed by atoms with E-state index in [9.17, 15) is 9.59 Å². The average molecular weight is 324 g/mol. The third-order valence-electron chi connectivity index (χ3n) is 2.82. The van der Waals surface area contributed by atoms with E-state index in [-0.39, 0.29) is 17.5 Å². The number of hydrogen-bond donors (Lipinski definition) is 1. The molecule has 1 N–H and O–H groups in total. The van der Waals surface area contributed by atoms with E-state index in [1.807, 2.05) is 12.3 Å². The van der Waals surface area contributed by atoms with Crippen molar-refractivity contribution in [3.05, 3.63) is 33.0 Å². The molecule has 0 saturated carbocycles. The van der Waals surface area contributed by atoms with Gasteiger partial charge in [0.25, 0.3) is 0 Å². The summed E-state index contributed by atoms with van der Waals surface area (Å²) in [6.07, 6.45) is 0.853. The first kappa shape index (κ1) is 15.7. The minimum absolute atomic E-state index is 0.0835. The molecule has 0 fully saturated rings. The van der Waals surface area contributed by atoms with Gasteiger partial charge in [0.05, 0.1) is 7.11 Å². The lowest BCUT2D eigenvalue weighted by Crippen LogP contribution is -2.17. The van der Waals surface area contributed by atoms with Crippen molar-refractivity contribution in [1.29, 1.82) is 0 Å². The number of nitrogens with zero attached hydrogens (tertiary/aromatic N) is 1. The summed E-state index contributed by atoms with van der Waals surface area (Å²) in [7, 11) is 1.28. The Labute approximate surface area is 131 Å². The van der Waals surface area contributed by atoms with E-state index >= 15 is 0 Å². The van der Waals surface area contributed by atoms with Crippen LogP contribution in [0.5, 0.6) is 0 Å². The van der Waals surface area contributed by atoms with E-state index in [4.69, 9.17) is 0 Å². The fourth-order valence-corrected chi connectivity index (χ4v) is 3.52. The first-order valence-corrected chi connectivity index (χ1v) is 8.15. The second-order valence-corrected chi connectivity index (χ2v) is 6.40. The highest BCUT2D eigenvalue weighted by atomic mass is 32.1. The lowest BCUT2D eigenvalue weighted by molar-refractivity contribution is 0.0591. The zero-order valence-corrected chi connectivity index (χ0v) is 13.6. The zero-order chi connectivity index (χ0) is 15.4. The van der Waals surface area contributed by atoms with Gasteiger partial charge in [-0.2, -0.15) is 11.3 Å². The monoisotopic (exact) mass is 324 g/mol. The van der Waals surface area contributed by atoms with E-state index in [1.165, 1.54) is 30.9 Å². The number of Topliss-reactive ketones (excluding diaryl/α,β-unsaturated/α-hetero) is 1. The molecular formula is C14H16N2O3S2. The van der Waals surface area contributed by atoms with Crippen LogP contribution >= 0.6 is 22.7 Å². The average Bonchev–Trinajstić information content (AvgIpc) is 3.07. The smallest absolute Gasteiger partial charge is 0.358 e. The molecule has 5 nitrogen and oxygen atoms in total. The summed E-state index contributed by atoms with van der Waals surface area (Å²) in [5.41, 5.74) is 1.33. The number of carbonyl (C=O) groups excluding carboxylic acids is 2. The van der Waals surface area contributed by atoms with E-state index in [2.05, 4.69) is 26.5 Å². The quantitative estimate of drug-likeness (QED) is 0.652. The number of ether oxygens (including phenoxy) is 1. The first-order valence-electron chi connectivity index (χ1n) is 6.39. The minimum Gasteiger partial charge on any atom is -0.464 e. The van der Waals surface area contributed by atoms with Crippen molar-refractivity contribution in [1.82, 2.24) is 4.98 Å². The number of methoxy groups -OCH3 is 1. The second-order valence-electron chi connectivity index (χ2n) is 4.63. The van der Waals surface area contributed by atoms with Gasteiger partial charge >= 0.3 is 5.97 Å². The van der Waals surface area contributed by atoms with Gasteiger partial charge in [-0.1, -0.05) is 11.3 Å². The molecule has 2 aromatic rings. The maximum Gasteiger partial charge on any atom is 0.358 e. The van der Waals surface area contributed by atoms with Crippen molar-refractivity contribution in [2.45, 2.75) is 26.3 Å². The van der Waals surface area contributed by atoms with Crippen LogP contribution in [0.4, 0.5) is 5.13 Å². The molecule has 0 radical (unpaired) electrons. The van der Waals surface area contributed by atoms with Crippen molar-refractivity contribution in [2.24, 2.45) is 0 Å². The van der Waals surface area contributed by atoms with Crippen molar-refractivity contribution in [2.75, 3.05) is 12.4 Å². The van der Waals surface area contributed by atoms with Gasteiger partial charge in [-0.15, -0.1) is 0 Å². The lowest BCUT2D eigenvalue weighted by Gasteiger charge is -2.11. The maximum atomic E-state index is 11.6. The molecule has 1 atom stereocenters. The predicted molar refractivity (Wildman–Crippen MR) is 84.6 cm³/mol. The van der Waals surface area contributed by atoms with Crippen LogP contribution in [-0.4, -0.2) is 29.9 Å². The molecule has 2 aromatic heterocycles. The second kappa shape index (κ2) is 6.82. The Hall–Kier alpha value is -1.73. The summed E-state index contributed by atoms with van der Waals surface area (Å²) >= 11 is 2.84. The van der Waals surface area contributed by atoms with E-state index < -0.39 is 5.97 Å². The van der Waals surface area contributed by atoms with Gasteiger partial charge in [-0.3, -0.25) is 4.79 Å². The largest absolute Gasteiger partial charge is 0.464 e. The topological polar surface area (TPSA) is 68.3 Å². The van der Waals surface area contributed by atoms with E-state index in [1.54, 1.807) is 11.3 Å². The summed E-state index contributed by atoms with van der Waals surface area (Å²) in [6.45, 7) is 3.45. The maximum absolute atomic E-state index is 11.6. The normalized spacial score (nSPS) is 12.0. The molecule has 0 bridgehead atoms. The number of aromatic nitrogens is 1. The van der Waals surface area contributed by atoms with Crippen LogP contribution in [0.3, 0.4) is 0 Å². The van der Waals surface area contributed by atoms with Crippen LogP contribution in [0, 0.1) is 0 Å². The Morgan fingerprint density at radius 2 is 2.24 bits per heavy atom. The molecule has 0 aliphatic heterocycles. The number of anilines is 1. The highest BCUT2D eigenvalue weighted by Gasteiger charge is 2.22. The fourth-order valence-electron chi connectivity index (χ4n) is 1.88. The van der Waals surface area contributed by atoms with Crippen LogP contribution in [-0.2, 0) is 11.2 Å². The van der Waals surface area contributed by atoms with Crippen LogP contribution in [0.2, 0.25) is 0 Å². The first-order chi connectivity index (χ1) is 10.0. The van der Waals surface area contributed by atoms with Gasteiger partial charge in [0.1, 0.15) is 4.88 Å². The molecule has 2 heterocycles. The molecule has 0 aliphatic carbocycles. The van der Waals surface area contributed by atoms with Crippen molar-refractivity contribution < 1.29 is 14.3 Å². The molecule has 21 heavy (non-hydrogen) atoms. The molecule has 112 valence electrons.